The zero-order valence-electron chi connectivity index (χ0n) is 10.8. The van der Waals surface area contributed by atoms with E-state index in [1.54, 1.807) is 0 Å². The van der Waals surface area contributed by atoms with Crippen LogP contribution in [0.5, 0.6) is 0 Å². The van der Waals surface area contributed by atoms with Crippen LogP contribution in [-0.4, -0.2) is 12.5 Å². The molecule has 0 aliphatic heterocycles. The molecule has 0 spiro atoms. The van der Waals surface area contributed by atoms with E-state index >= 15 is 0 Å². The summed E-state index contributed by atoms with van der Waals surface area (Å²) in [5.41, 5.74) is 1.66. The van der Waals surface area contributed by atoms with E-state index in [2.05, 4.69) is 6.92 Å². The summed E-state index contributed by atoms with van der Waals surface area (Å²) in [5.74, 6) is 0. The maximum absolute atomic E-state index is 12.3. The van der Waals surface area contributed by atoms with Gasteiger partial charge in [-0.3, -0.25) is 4.79 Å². The lowest BCUT2D eigenvalue weighted by molar-refractivity contribution is 0.968. The zero-order chi connectivity index (χ0) is 13.1. The van der Waals surface area contributed by atoms with Gasteiger partial charge in [0.15, 0.2) is 0 Å². The first kappa shape index (κ1) is 12.7. The number of hydrogen-bond donors (Lipinski definition) is 0. The fraction of sp³-hybridized carbons (Fsp3) is 0.267. The molecule has 0 atom stereocenters. The van der Waals surface area contributed by atoms with Crippen molar-refractivity contribution in [2.45, 2.75) is 26.7 Å². The van der Waals surface area contributed by atoms with Gasteiger partial charge in [0.05, 0.1) is 5.39 Å². The zero-order valence-corrected chi connectivity index (χ0v) is 10.8. The van der Waals surface area contributed by atoms with Gasteiger partial charge in [0.25, 0.3) is 0 Å². The topological polar surface area (TPSA) is 22.0 Å². The van der Waals surface area contributed by atoms with Gasteiger partial charge >= 0.3 is 0 Å². The Morgan fingerprint density at radius 3 is 2.78 bits per heavy atom. The first-order valence-corrected chi connectivity index (χ1v) is 6.28. The number of hydrogen-bond acceptors (Lipinski definition) is 1. The first-order chi connectivity index (χ1) is 8.69. The van der Waals surface area contributed by atoms with Crippen molar-refractivity contribution in [1.82, 2.24) is 4.48 Å². The third kappa shape index (κ3) is 2.13. The van der Waals surface area contributed by atoms with Crippen LogP contribution in [0.3, 0.4) is 0 Å². The standard InChI is InChI=1S/C15H16BNO/c1-3-5-7-11-8-6-9-12-10-13(4-2)17(16)15(18)14(11)12/h5-10H,3-4H2,1-2H3/b7-5+. The van der Waals surface area contributed by atoms with Crippen LogP contribution in [0.25, 0.3) is 16.8 Å². The molecule has 0 unspecified atom stereocenters. The molecule has 1 aromatic heterocycles. The lowest BCUT2D eigenvalue weighted by Gasteiger charge is -2.10. The van der Waals surface area contributed by atoms with E-state index in [1.807, 2.05) is 43.3 Å². The fourth-order valence-electron chi connectivity index (χ4n) is 2.11. The summed E-state index contributed by atoms with van der Waals surface area (Å²) in [6, 6.07) is 7.86. The van der Waals surface area contributed by atoms with Crippen LogP contribution < -0.4 is 5.56 Å². The molecular formula is C15H16BNO. The second-order valence-electron chi connectivity index (χ2n) is 4.29. The van der Waals surface area contributed by atoms with E-state index in [1.165, 1.54) is 4.48 Å². The lowest BCUT2D eigenvalue weighted by Crippen LogP contribution is -2.22. The molecule has 0 fully saturated rings. The number of fused-ring (bicyclic) bond motifs is 1. The van der Waals surface area contributed by atoms with Gasteiger partial charge in [-0.2, -0.15) is 0 Å². The number of benzene rings is 1. The number of aryl methyl sites for hydroxylation is 1. The monoisotopic (exact) mass is 237 g/mol. The van der Waals surface area contributed by atoms with Gasteiger partial charge in [-0.25, -0.2) is 0 Å². The average molecular weight is 237 g/mol. The summed E-state index contributed by atoms with van der Waals surface area (Å²) < 4.78 is 1.26. The van der Waals surface area contributed by atoms with Gasteiger partial charge in [0.1, 0.15) is 0 Å². The van der Waals surface area contributed by atoms with Crippen molar-refractivity contribution in [2.75, 3.05) is 0 Å². The fourth-order valence-corrected chi connectivity index (χ4v) is 2.11. The van der Waals surface area contributed by atoms with Crippen molar-refractivity contribution in [3.05, 3.63) is 52.0 Å². The van der Waals surface area contributed by atoms with Crippen LogP contribution in [0.1, 0.15) is 31.5 Å². The third-order valence-corrected chi connectivity index (χ3v) is 3.09. The molecule has 2 radical (unpaired) electrons. The summed E-state index contributed by atoms with van der Waals surface area (Å²) in [6.45, 7) is 4.06. The number of pyridine rings is 1. The molecule has 2 aromatic rings. The number of nitrogens with zero attached hydrogens (tertiary/aromatic N) is 1. The minimum atomic E-state index is -0.124. The van der Waals surface area contributed by atoms with Crippen molar-refractivity contribution < 1.29 is 0 Å². The predicted octanol–water partition coefficient (Wildman–Crippen LogP) is 2.92. The highest BCUT2D eigenvalue weighted by Crippen LogP contribution is 2.18. The quantitative estimate of drug-likeness (QED) is 0.752. The van der Waals surface area contributed by atoms with Crippen LogP contribution >= 0.6 is 0 Å². The molecule has 0 saturated carbocycles. The van der Waals surface area contributed by atoms with Crippen LogP contribution in [0.15, 0.2) is 35.1 Å². The number of allylic oxidation sites excluding steroid dienone is 1. The second-order valence-corrected chi connectivity index (χ2v) is 4.29. The SMILES string of the molecule is [B]n1c(CC)cc2cccc(/C=C/CC)c2c1=O. The van der Waals surface area contributed by atoms with E-state index in [9.17, 15) is 4.79 Å². The minimum Gasteiger partial charge on any atom is -0.368 e. The molecule has 90 valence electrons. The van der Waals surface area contributed by atoms with E-state index < -0.39 is 0 Å². The predicted molar refractivity (Wildman–Crippen MR) is 78.1 cm³/mol. The molecule has 2 rings (SSSR count). The number of rotatable bonds is 3. The Morgan fingerprint density at radius 2 is 2.11 bits per heavy atom. The van der Waals surface area contributed by atoms with Gasteiger partial charge in [0, 0.05) is 5.69 Å². The van der Waals surface area contributed by atoms with Crippen molar-refractivity contribution in [1.29, 1.82) is 0 Å². The van der Waals surface area contributed by atoms with Gasteiger partial charge < -0.3 is 4.48 Å². The Balaban J connectivity index is 2.81. The second kappa shape index (κ2) is 5.26. The Labute approximate surface area is 108 Å². The summed E-state index contributed by atoms with van der Waals surface area (Å²) in [6.07, 6.45) is 5.72. The van der Waals surface area contributed by atoms with Gasteiger partial charge in [0.2, 0.25) is 13.5 Å². The average Bonchev–Trinajstić information content (AvgIpc) is 2.40. The maximum Gasteiger partial charge on any atom is 0.246 e. The van der Waals surface area contributed by atoms with Crippen molar-refractivity contribution in [3.63, 3.8) is 0 Å². The molecule has 2 nitrogen and oxygen atoms in total. The molecule has 1 aromatic carbocycles. The molecule has 0 aliphatic carbocycles. The van der Waals surface area contributed by atoms with E-state index in [0.717, 1.165) is 29.5 Å². The van der Waals surface area contributed by atoms with Gasteiger partial charge in [-0.15, -0.1) is 0 Å². The molecule has 18 heavy (non-hydrogen) atoms. The van der Waals surface area contributed by atoms with Gasteiger partial charge in [-0.05, 0) is 29.9 Å². The molecular weight excluding hydrogens is 221 g/mol. The van der Waals surface area contributed by atoms with Crippen LogP contribution in [0, 0.1) is 0 Å². The first-order valence-electron chi connectivity index (χ1n) is 6.28. The summed E-state index contributed by atoms with van der Waals surface area (Å²) in [7, 11) is 5.84. The van der Waals surface area contributed by atoms with Crippen LogP contribution in [0.2, 0.25) is 0 Å². The number of aromatic nitrogens is 1. The Morgan fingerprint density at radius 1 is 1.33 bits per heavy atom. The molecule has 0 amide bonds. The molecule has 0 aliphatic rings. The highest BCUT2D eigenvalue weighted by atomic mass is 16.1. The molecule has 1 heterocycles. The largest absolute Gasteiger partial charge is 0.368 e. The van der Waals surface area contributed by atoms with Crippen LogP contribution in [0.4, 0.5) is 0 Å². The maximum atomic E-state index is 12.3. The normalized spacial score (nSPS) is 11.4. The Hall–Kier alpha value is -1.77. The van der Waals surface area contributed by atoms with Crippen LogP contribution in [-0.2, 0) is 6.42 Å². The minimum absolute atomic E-state index is 0.124. The third-order valence-electron chi connectivity index (χ3n) is 3.09. The lowest BCUT2D eigenvalue weighted by atomic mass is 10.0. The molecule has 0 saturated heterocycles. The molecule has 0 bridgehead atoms. The Kier molecular flexibility index (Phi) is 3.70. The van der Waals surface area contributed by atoms with Crippen molar-refractivity contribution in [2.24, 2.45) is 0 Å². The summed E-state index contributed by atoms with van der Waals surface area (Å²) >= 11 is 0. The Bertz CT molecular complexity index is 655. The van der Waals surface area contributed by atoms with E-state index in [0.29, 0.717) is 5.39 Å². The highest BCUT2D eigenvalue weighted by Gasteiger charge is 2.07. The summed E-state index contributed by atoms with van der Waals surface area (Å²) in [4.78, 5) is 12.3. The van der Waals surface area contributed by atoms with Crippen molar-refractivity contribution >= 4 is 24.8 Å². The van der Waals surface area contributed by atoms with E-state index in [4.69, 9.17) is 7.98 Å². The molecule has 0 N–H and O–H groups in total. The summed E-state index contributed by atoms with van der Waals surface area (Å²) in [5, 5.41) is 1.65. The van der Waals surface area contributed by atoms with E-state index in [-0.39, 0.29) is 5.56 Å². The smallest absolute Gasteiger partial charge is 0.246 e. The van der Waals surface area contributed by atoms with Crippen molar-refractivity contribution in [3.8, 4) is 0 Å². The molecule has 3 heteroatoms. The highest BCUT2D eigenvalue weighted by molar-refractivity contribution is 6.08. The van der Waals surface area contributed by atoms with Gasteiger partial charge in [-0.1, -0.05) is 44.2 Å².